The lowest BCUT2D eigenvalue weighted by Crippen LogP contribution is -2.05. The summed E-state index contributed by atoms with van der Waals surface area (Å²) in [4.78, 5) is 16.3. The van der Waals surface area contributed by atoms with Gasteiger partial charge in [-0.25, -0.2) is 4.98 Å². The number of rotatable bonds is 3. The molecule has 0 amide bonds. The van der Waals surface area contributed by atoms with Gasteiger partial charge in [0.1, 0.15) is 12.1 Å². The first kappa shape index (κ1) is 12.4. The smallest absolute Gasteiger partial charge is 0.165 e. The number of benzene rings is 2. The van der Waals surface area contributed by atoms with E-state index < -0.39 is 0 Å². The Morgan fingerprint density at radius 2 is 1.95 bits per heavy atom. The van der Waals surface area contributed by atoms with Crippen molar-refractivity contribution < 1.29 is 9.53 Å². The van der Waals surface area contributed by atoms with Gasteiger partial charge < -0.3 is 4.74 Å². The van der Waals surface area contributed by atoms with E-state index in [4.69, 9.17) is 4.74 Å². The second kappa shape index (κ2) is 4.81. The highest BCUT2D eigenvalue weighted by Gasteiger charge is 2.16. The minimum Gasteiger partial charge on any atom is -0.496 e. The van der Waals surface area contributed by atoms with Crippen LogP contribution in [0.4, 0.5) is 0 Å². The maximum absolute atomic E-state index is 12.0. The lowest BCUT2D eigenvalue weighted by molar-refractivity contribution is 0.101. The number of fused-ring (bicyclic) bond motifs is 1. The molecular formula is C16H14N2O2. The standard InChI is InChI=1S/C16H14N2O2/c1-11(19)16-14(8-5-9-15(16)20-2)18-10-17-12-6-3-4-7-13(12)18/h3-10H,1-2H3. The molecule has 0 N–H and O–H groups in total. The Kier molecular flexibility index (Phi) is 2.99. The molecule has 4 heteroatoms. The zero-order valence-electron chi connectivity index (χ0n) is 11.3. The first-order valence-corrected chi connectivity index (χ1v) is 6.33. The van der Waals surface area contributed by atoms with Gasteiger partial charge in [-0.1, -0.05) is 18.2 Å². The van der Waals surface area contributed by atoms with Gasteiger partial charge in [0.2, 0.25) is 0 Å². The molecule has 0 unspecified atom stereocenters. The normalized spacial score (nSPS) is 10.7. The lowest BCUT2D eigenvalue weighted by Gasteiger charge is -2.12. The molecule has 2 aromatic carbocycles. The van der Waals surface area contributed by atoms with E-state index in [0.29, 0.717) is 11.3 Å². The van der Waals surface area contributed by atoms with E-state index in [9.17, 15) is 4.79 Å². The Bertz CT molecular complexity index is 790. The van der Waals surface area contributed by atoms with Crippen LogP contribution in [0.1, 0.15) is 17.3 Å². The molecule has 0 spiro atoms. The van der Waals surface area contributed by atoms with E-state index >= 15 is 0 Å². The number of hydrogen-bond acceptors (Lipinski definition) is 3. The van der Waals surface area contributed by atoms with Crippen molar-refractivity contribution in [2.75, 3.05) is 7.11 Å². The molecule has 0 bridgehead atoms. The van der Waals surface area contributed by atoms with Gasteiger partial charge in [0.25, 0.3) is 0 Å². The number of methoxy groups -OCH3 is 1. The number of carbonyl (C=O) groups excluding carboxylic acids is 1. The number of Topliss-reactive ketones (excluding diaryl/α,β-unsaturated/α-hetero) is 1. The fourth-order valence-corrected chi connectivity index (χ4v) is 2.40. The molecule has 0 fully saturated rings. The summed E-state index contributed by atoms with van der Waals surface area (Å²) < 4.78 is 7.21. The van der Waals surface area contributed by atoms with Crippen LogP contribution in [0.2, 0.25) is 0 Å². The molecule has 0 saturated heterocycles. The zero-order valence-corrected chi connectivity index (χ0v) is 11.3. The van der Waals surface area contributed by atoms with Gasteiger partial charge >= 0.3 is 0 Å². The highest BCUT2D eigenvalue weighted by molar-refractivity contribution is 6.01. The van der Waals surface area contributed by atoms with E-state index in [1.54, 1.807) is 26.4 Å². The number of imidazole rings is 1. The molecular weight excluding hydrogens is 252 g/mol. The molecule has 0 saturated carbocycles. The number of ether oxygens (including phenoxy) is 1. The van der Waals surface area contributed by atoms with E-state index in [1.165, 1.54) is 0 Å². The van der Waals surface area contributed by atoms with Crippen LogP contribution in [0.15, 0.2) is 48.8 Å². The summed E-state index contributed by atoms with van der Waals surface area (Å²) in [5, 5.41) is 0. The number of aromatic nitrogens is 2. The summed E-state index contributed by atoms with van der Waals surface area (Å²) in [5.74, 6) is 0.544. The summed E-state index contributed by atoms with van der Waals surface area (Å²) in [6.45, 7) is 1.54. The average Bonchev–Trinajstić information content (AvgIpc) is 2.90. The first-order chi connectivity index (χ1) is 9.72. The maximum atomic E-state index is 12.0. The summed E-state index contributed by atoms with van der Waals surface area (Å²) in [5.41, 5.74) is 3.21. The van der Waals surface area contributed by atoms with Crippen molar-refractivity contribution >= 4 is 16.8 Å². The number of hydrogen-bond donors (Lipinski definition) is 0. The van der Waals surface area contributed by atoms with Crippen molar-refractivity contribution in [2.24, 2.45) is 0 Å². The highest BCUT2D eigenvalue weighted by atomic mass is 16.5. The van der Waals surface area contributed by atoms with Gasteiger partial charge in [-0.05, 0) is 31.2 Å². The van der Waals surface area contributed by atoms with Crippen LogP contribution in [-0.2, 0) is 0 Å². The van der Waals surface area contributed by atoms with Crippen LogP contribution in [0.3, 0.4) is 0 Å². The Hall–Kier alpha value is -2.62. The van der Waals surface area contributed by atoms with E-state index in [1.807, 2.05) is 41.0 Å². The van der Waals surface area contributed by atoms with Crippen LogP contribution in [0, 0.1) is 0 Å². The second-order valence-corrected chi connectivity index (χ2v) is 4.51. The fraction of sp³-hybridized carbons (Fsp3) is 0.125. The van der Waals surface area contributed by atoms with Crippen LogP contribution < -0.4 is 4.74 Å². The van der Waals surface area contributed by atoms with E-state index in [-0.39, 0.29) is 5.78 Å². The number of nitrogens with zero attached hydrogens (tertiary/aromatic N) is 2. The third-order valence-corrected chi connectivity index (χ3v) is 3.29. The third-order valence-electron chi connectivity index (χ3n) is 3.29. The predicted octanol–water partition coefficient (Wildman–Crippen LogP) is 3.24. The summed E-state index contributed by atoms with van der Waals surface area (Å²) in [6.07, 6.45) is 1.73. The largest absolute Gasteiger partial charge is 0.496 e. The zero-order chi connectivity index (χ0) is 14.1. The number of carbonyl (C=O) groups is 1. The summed E-state index contributed by atoms with van der Waals surface area (Å²) in [7, 11) is 1.57. The quantitative estimate of drug-likeness (QED) is 0.683. The maximum Gasteiger partial charge on any atom is 0.165 e. The molecule has 20 heavy (non-hydrogen) atoms. The third kappa shape index (κ3) is 1.86. The van der Waals surface area contributed by atoms with Crippen molar-refractivity contribution in [1.29, 1.82) is 0 Å². The molecule has 0 aliphatic carbocycles. The second-order valence-electron chi connectivity index (χ2n) is 4.51. The Morgan fingerprint density at radius 1 is 1.15 bits per heavy atom. The van der Waals surface area contributed by atoms with Gasteiger partial charge in [0.05, 0.1) is 29.4 Å². The van der Waals surface area contributed by atoms with Crippen molar-refractivity contribution in [3.8, 4) is 11.4 Å². The Balaban J connectivity index is 2.32. The van der Waals surface area contributed by atoms with Crippen LogP contribution >= 0.6 is 0 Å². The SMILES string of the molecule is COc1cccc(-n2cnc3ccccc32)c1C(C)=O. The molecule has 1 aromatic heterocycles. The first-order valence-electron chi connectivity index (χ1n) is 6.33. The number of para-hydroxylation sites is 2. The molecule has 4 nitrogen and oxygen atoms in total. The lowest BCUT2D eigenvalue weighted by atomic mass is 10.1. The molecule has 0 aliphatic heterocycles. The van der Waals surface area contributed by atoms with Crippen molar-refractivity contribution in [3.05, 3.63) is 54.4 Å². The topological polar surface area (TPSA) is 44.1 Å². The average molecular weight is 266 g/mol. The van der Waals surface area contributed by atoms with Gasteiger partial charge in [-0.2, -0.15) is 0 Å². The van der Waals surface area contributed by atoms with Gasteiger partial charge in [-0.3, -0.25) is 9.36 Å². The monoisotopic (exact) mass is 266 g/mol. The van der Waals surface area contributed by atoms with Crippen LogP contribution in [0.5, 0.6) is 5.75 Å². The van der Waals surface area contributed by atoms with Gasteiger partial charge in [-0.15, -0.1) is 0 Å². The van der Waals surface area contributed by atoms with Crippen molar-refractivity contribution in [1.82, 2.24) is 9.55 Å². The van der Waals surface area contributed by atoms with Crippen molar-refractivity contribution in [3.63, 3.8) is 0 Å². The predicted molar refractivity (Wildman–Crippen MR) is 77.6 cm³/mol. The molecule has 0 aliphatic rings. The van der Waals surface area contributed by atoms with Crippen molar-refractivity contribution in [2.45, 2.75) is 6.92 Å². The highest BCUT2D eigenvalue weighted by Crippen LogP contribution is 2.28. The van der Waals surface area contributed by atoms with Crippen LogP contribution in [-0.4, -0.2) is 22.4 Å². The summed E-state index contributed by atoms with van der Waals surface area (Å²) in [6, 6.07) is 13.4. The number of ketones is 1. The van der Waals surface area contributed by atoms with Gasteiger partial charge in [0, 0.05) is 0 Å². The van der Waals surface area contributed by atoms with Crippen LogP contribution in [0.25, 0.3) is 16.7 Å². The Morgan fingerprint density at radius 3 is 2.70 bits per heavy atom. The molecule has 3 rings (SSSR count). The molecule has 3 aromatic rings. The minimum absolute atomic E-state index is 0.0322. The minimum atomic E-state index is -0.0322. The van der Waals surface area contributed by atoms with E-state index in [2.05, 4.69) is 4.98 Å². The van der Waals surface area contributed by atoms with E-state index in [0.717, 1.165) is 16.7 Å². The molecule has 0 radical (unpaired) electrons. The van der Waals surface area contributed by atoms with Gasteiger partial charge in [0.15, 0.2) is 5.78 Å². The molecule has 100 valence electrons. The fourth-order valence-electron chi connectivity index (χ4n) is 2.40. The summed E-state index contributed by atoms with van der Waals surface area (Å²) >= 11 is 0. The molecule has 1 heterocycles. The molecule has 0 atom stereocenters. The Labute approximate surface area is 116 Å².